The number of amides is 2. The molecule has 0 fully saturated rings. The summed E-state index contributed by atoms with van der Waals surface area (Å²) >= 11 is 0. The number of nitrogens with one attached hydrogen (secondary N) is 3. The van der Waals surface area contributed by atoms with E-state index >= 15 is 0 Å². The zero-order chi connectivity index (χ0) is 21.9. The third-order valence-corrected chi connectivity index (χ3v) is 4.65. The second-order valence-electron chi connectivity index (χ2n) is 6.70. The van der Waals surface area contributed by atoms with Gasteiger partial charge in [0, 0.05) is 30.2 Å². The summed E-state index contributed by atoms with van der Waals surface area (Å²) in [5.74, 6) is -0.852. The predicted molar refractivity (Wildman–Crippen MR) is 115 cm³/mol. The van der Waals surface area contributed by atoms with Crippen molar-refractivity contribution < 1.29 is 18.0 Å². The van der Waals surface area contributed by atoms with E-state index in [1.54, 1.807) is 29.1 Å². The van der Waals surface area contributed by atoms with Crippen LogP contribution < -0.4 is 15.4 Å². The van der Waals surface area contributed by atoms with Crippen LogP contribution in [-0.4, -0.2) is 36.3 Å². The molecule has 30 heavy (non-hydrogen) atoms. The summed E-state index contributed by atoms with van der Waals surface area (Å²) in [4.78, 5) is 24.3. The summed E-state index contributed by atoms with van der Waals surface area (Å²) < 4.78 is 27.4. The van der Waals surface area contributed by atoms with Crippen molar-refractivity contribution in [3.05, 3.63) is 66.0 Å². The summed E-state index contributed by atoms with van der Waals surface area (Å²) in [5, 5.41) is 9.58. The number of aromatic nitrogens is 2. The molecule has 1 aromatic heterocycles. The minimum atomic E-state index is -3.61. The first-order valence-corrected chi connectivity index (χ1v) is 10.8. The van der Waals surface area contributed by atoms with Gasteiger partial charge in [0.15, 0.2) is 0 Å². The quantitative estimate of drug-likeness (QED) is 0.558. The lowest BCUT2D eigenvalue weighted by atomic mass is 10.1. The van der Waals surface area contributed by atoms with Gasteiger partial charge in [-0.05, 0) is 49.4 Å². The van der Waals surface area contributed by atoms with E-state index in [4.69, 9.17) is 0 Å². The average molecular weight is 427 g/mol. The molecule has 10 heteroatoms. The highest BCUT2D eigenvalue weighted by molar-refractivity contribution is 7.92. The van der Waals surface area contributed by atoms with Crippen LogP contribution in [0.15, 0.2) is 54.7 Å². The Morgan fingerprint density at radius 3 is 2.37 bits per heavy atom. The van der Waals surface area contributed by atoms with Crippen molar-refractivity contribution in [2.45, 2.75) is 13.8 Å². The lowest BCUT2D eigenvalue weighted by molar-refractivity contribution is -0.114. The van der Waals surface area contributed by atoms with Gasteiger partial charge < -0.3 is 10.6 Å². The normalized spacial score (nSPS) is 11.0. The largest absolute Gasteiger partial charge is 0.326 e. The Morgan fingerprint density at radius 2 is 1.73 bits per heavy atom. The zero-order valence-electron chi connectivity index (χ0n) is 16.6. The first-order chi connectivity index (χ1) is 14.1. The molecule has 3 aromatic rings. The van der Waals surface area contributed by atoms with Gasteiger partial charge in [0.1, 0.15) is 0 Å². The Balaban J connectivity index is 1.93. The Bertz CT molecular complexity index is 1220. The molecular formula is C20H21N5O4S. The summed E-state index contributed by atoms with van der Waals surface area (Å²) in [7, 11) is -3.61. The molecule has 9 nitrogen and oxygen atoms in total. The number of rotatable bonds is 6. The second kappa shape index (κ2) is 8.37. The molecule has 3 N–H and O–H groups in total. The van der Waals surface area contributed by atoms with Crippen LogP contribution in [-0.2, 0) is 14.8 Å². The van der Waals surface area contributed by atoms with Crippen LogP contribution in [0, 0.1) is 6.92 Å². The molecular weight excluding hydrogens is 406 g/mol. The minimum Gasteiger partial charge on any atom is -0.326 e. The van der Waals surface area contributed by atoms with Crippen LogP contribution in [0.4, 0.5) is 17.1 Å². The van der Waals surface area contributed by atoms with Crippen LogP contribution >= 0.6 is 0 Å². The molecule has 1 heterocycles. The Labute approximate surface area is 174 Å². The van der Waals surface area contributed by atoms with E-state index in [0.29, 0.717) is 11.4 Å². The second-order valence-corrected chi connectivity index (χ2v) is 8.45. The molecule has 2 aromatic carbocycles. The van der Waals surface area contributed by atoms with Gasteiger partial charge in [0.05, 0.1) is 23.2 Å². The smallest absolute Gasteiger partial charge is 0.257 e. The van der Waals surface area contributed by atoms with E-state index in [9.17, 15) is 18.0 Å². The number of hydrogen-bond acceptors (Lipinski definition) is 5. The monoisotopic (exact) mass is 427 g/mol. The number of anilines is 3. The lowest BCUT2D eigenvalue weighted by Gasteiger charge is -2.14. The number of aryl methyl sites for hydroxylation is 1. The van der Waals surface area contributed by atoms with Gasteiger partial charge >= 0.3 is 0 Å². The molecule has 0 radical (unpaired) electrons. The molecule has 0 aliphatic carbocycles. The number of carbonyl (C=O) groups excluding carboxylic acids is 2. The predicted octanol–water partition coefficient (Wildman–Crippen LogP) is 2.76. The highest BCUT2D eigenvalue weighted by Crippen LogP contribution is 2.24. The molecule has 156 valence electrons. The standard InChI is InChI=1S/C20H21N5O4S/c1-13-9-10-21-25(13)17-6-4-5-15(11-17)23-20(27)18-12-16(22-14(2)26)7-8-19(18)24-30(3,28)29/h4-12,24H,1-3H3,(H,22,26)(H,23,27). The van der Waals surface area contributed by atoms with Crippen molar-refractivity contribution in [2.75, 3.05) is 21.6 Å². The van der Waals surface area contributed by atoms with Gasteiger partial charge in [-0.25, -0.2) is 13.1 Å². The lowest BCUT2D eigenvalue weighted by Crippen LogP contribution is -2.18. The minimum absolute atomic E-state index is 0.0624. The molecule has 0 aliphatic rings. The molecule has 0 saturated heterocycles. The third-order valence-electron chi connectivity index (χ3n) is 4.06. The van der Waals surface area contributed by atoms with E-state index in [1.807, 2.05) is 19.1 Å². The van der Waals surface area contributed by atoms with Crippen LogP contribution in [0.5, 0.6) is 0 Å². The molecule has 0 bridgehead atoms. The Kier molecular flexibility index (Phi) is 5.88. The van der Waals surface area contributed by atoms with Crippen molar-refractivity contribution in [3.8, 4) is 5.69 Å². The van der Waals surface area contributed by atoms with Crippen molar-refractivity contribution in [1.82, 2.24) is 9.78 Å². The van der Waals surface area contributed by atoms with Gasteiger partial charge in [0.25, 0.3) is 5.91 Å². The summed E-state index contributed by atoms with van der Waals surface area (Å²) in [6, 6.07) is 13.3. The molecule has 0 unspecified atom stereocenters. The van der Waals surface area contributed by atoms with Gasteiger partial charge in [-0.1, -0.05) is 6.07 Å². The topological polar surface area (TPSA) is 122 Å². The highest BCUT2D eigenvalue weighted by atomic mass is 32.2. The van der Waals surface area contributed by atoms with Crippen molar-refractivity contribution in [2.24, 2.45) is 0 Å². The number of carbonyl (C=O) groups is 2. The third kappa shape index (κ3) is 5.23. The van der Waals surface area contributed by atoms with Gasteiger partial charge in [0.2, 0.25) is 15.9 Å². The van der Waals surface area contributed by atoms with Crippen molar-refractivity contribution >= 4 is 38.9 Å². The average Bonchev–Trinajstić information content (AvgIpc) is 3.07. The number of hydrogen-bond donors (Lipinski definition) is 3. The van der Waals surface area contributed by atoms with Crippen LogP contribution in [0.3, 0.4) is 0 Å². The fourth-order valence-electron chi connectivity index (χ4n) is 2.86. The van der Waals surface area contributed by atoms with E-state index in [1.165, 1.54) is 25.1 Å². The summed E-state index contributed by atoms with van der Waals surface area (Å²) in [6.45, 7) is 3.25. The number of sulfonamides is 1. The van der Waals surface area contributed by atoms with Crippen molar-refractivity contribution in [1.29, 1.82) is 0 Å². The maximum absolute atomic E-state index is 12.9. The van der Waals surface area contributed by atoms with E-state index in [-0.39, 0.29) is 17.2 Å². The van der Waals surface area contributed by atoms with Crippen LogP contribution in [0.25, 0.3) is 5.69 Å². The van der Waals surface area contributed by atoms with Gasteiger partial charge in [-0.15, -0.1) is 0 Å². The zero-order valence-corrected chi connectivity index (χ0v) is 17.4. The van der Waals surface area contributed by atoms with E-state index in [0.717, 1.165) is 17.6 Å². The first-order valence-electron chi connectivity index (χ1n) is 8.94. The summed E-state index contributed by atoms with van der Waals surface area (Å²) in [5.41, 5.74) is 2.73. The molecule has 0 saturated carbocycles. The summed E-state index contributed by atoms with van der Waals surface area (Å²) in [6.07, 6.45) is 2.67. The molecule has 2 amide bonds. The van der Waals surface area contributed by atoms with E-state index < -0.39 is 15.9 Å². The molecule has 0 atom stereocenters. The molecule has 0 aliphatic heterocycles. The first kappa shape index (κ1) is 21.1. The van der Waals surface area contributed by atoms with Gasteiger partial charge in [-0.2, -0.15) is 5.10 Å². The fraction of sp³-hybridized carbons (Fsp3) is 0.150. The van der Waals surface area contributed by atoms with E-state index in [2.05, 4.69) is 20.5 Å². The number of nitrogens with zero attached hydrogens (tertiary/aromatic N) is 2. The van der Waals surface area contributed by atoms with Crippen LogP contribution in [0.2, 0.25) is 0 Å². The van der Waals surface area contributed by atoms with Gasteiger partial charge in [-0.3, -0.25) is 14.3 Å². The van der Waals surface area contributed by atoms with Crippen LogP contribution in [0.1, 0.15) is 23.0 Å². The highest BCUT2D eigenvalue weighted by Gasteiger charge is 2.16. The number of benzene rings is 2. The Hall–Kier alpha value is -3.66. The van der Waals surface area contributed by atoms with Crippen molar-refractivity contribution in [3.63, 3.8) is 0 Å². The maximum Gasteiger partial charge on any atom is 0.257 e. The fourth-order valence-corrected chi connectivity index (χ4v) is 3.43. The SMILES string of the molecule is CC(=O)Nc1ccc(NS(C)(=O)=O)c(C(=O)Nc2cccc(-n3nccc3C)c2)c1. The molecule has 0 spiro atoms. The Morgan fingerprint density at radius 1 is 1.00 bits per heavy atom. The maximum atomic E-state index is 12.9. The molecule has 3 rings (SSSR count).